The van der Waals surface area contributed by atoms with E-state index >= 15 is 0 Å². The van der Waals surface area contributed by atoms with Crippen molar-refractivity contribution in [2.24, 2.45) is 17.6 Å². The van der Waals surface area contributed by atoms with E-state index in [0.29, 0.717) is 5.56 Å². The molecule has 20 heteroatoms. The quantitative estimate of drug-likeness (QED) is 0.154. The van der Waals surface area contributed by atoms with Crippen LogP contribution >= 0.6 is 0 Å². The third-order valence-electron chi connectivity index (χ3n) is 5.45. The zero-order chi connectivity index (χ0) is 38.1. The van der Waals surface area contributed by atoms with Gasteiger partial charge in [-0.15, -0.1) is 0 Å². The standard InChI is InChI=1S/C18H21F6NO4.C10H15F6NO2/c1-16(2,3)29-14(26)12(9-13(17(19,20)21)18(22,23)24)25-15(27)28-10-11-7-5-4-6-8-11;1-8(2,3)19-7(18)5(17)4-6(9(11,12)13)10(14,15)16/h4-8,12-13H,9-10H2,1-3H3,(H,25,27);5-6H,4,17H2,1-3H3/t12-;5-/m00/s1. The first-order valence-electron chi connectivity index (χ1n) is 13.7. The molecule has 3 N–H and O–H groups in total. The van der Waals surface area contributed by atoms with E-state index in [2.05, 4.69) is 4.74 Å². The second-order valence-corrected chi connectivity index (χ2v) is 12.2. The molecule has 1 rings (SSSR count). The van der Waals surface area contributed by atoms with Crippen LogP contribution < -0.4 is 11.1 Å². The van der Waals surface area contributed by atoms with Crippen LogP contribution in [0.2, 0.25) is 0 Å². The Labute approximate surface area is 267 Å². The largest absolute Gasteiger partial charge is 0.459 e. The van der Waals surface area contributed by atoms with Gasteiger partial charge < -0.3 is 25.3 Å². The average molecular weight is 725 g/mol. The fraction of sp³-hybridized carbons (Fsp3) is 0.679. The second kappa shape index (κ2) is 16.8. The maximum Gasteiger partial charge on any atom is 0.408 e. The van der Waals surface area contributed by atoms with Gasteiger partial charge in [-0.1, -0.05) is 30.3 Å². The molecule has 0 fully saturated rings. The number of hydrogen-bond donors (Lipinski definition) is 2. The molecule has 0 radical (unpaired) electrons. The van der Waals surface area contributed by atoms with E-state index in [4.69, 9.17) is 15.2 Å². The summed E-state index contributed by atoms with van der Waals surface area (Å²) < 4.78 is 165. The molecule has 8 nitrogen and oxygen atoms in total. The summed E-state index contributed by atoms with van der Waals surface area (Å²) in [5, 5.41) is 1.75. The van der Waals surface area contributed by atoms with Crippen molar-refractivity contribution in [3.05, 3.63) is 35.9 Å². The third kappa shape index (κ3) is 18.2. The van der Waals surface area contributed by atoms with E-state index in [9.17, 15) is 67.1 Å². The van der Waals surface area contributed by atoms with Crippen molar-refractivity contribution in [2.45, 2.75) is 109 Å². The summed E-state index contributed by atoms with van der Waals surface area (Å²) >= 11 is 0. The highest BCUT2D eigenvalue weighted by Crippen LogP contribution is 2.43. The number of amides is 1. The van der Waals surface area contributed by atoms with E-state index in [1.807, 2.05) is 0 Å². The third-order valence-corrected chi connectivity index (χ3v) is 5.45. The van der Waals surface area contributed by atoms with Gasteiger partial charge in [-0.05, 0) is 59.9 Å². The predicted molar refractivity (Wildman–Crippen MR) is 144 cm³/mol. The lowest BCUT2D eigenvalue weighted by atomic mass is 9.98. The summed E-state index contributed by atoms with van der Waals surface area (Å²) in [7, 11) is 0. The Hall–Kier alpha value is -3.45. The molecule has 278 valence electrons. The number of carbonyl (C=O) groups excluding carboxylic acids is 3. The molecule has 1 aromatic carbocycles. The molecule has 0 heterocycles. The van der Waals surface area contributed by atoms with E-state index in [-0.39, 0.29) is 6.61 Å². The Kier molecular flexibility index (Phi) is 15.6. The van der Waals surface area contributed by atoms with E-state index < -0.39 is 90.7 Å². The van der Waals surface area contributed by atoms with Crippen molar-refractivity contribution in [2.75, 3.05) is 0 Å². The van der Waals surface area contributed by atoms with Crippen LogP contribution in [0.25, 0.3) is 0 Å². The minimum atomic E-state index is -5.67. The molecule has 1 amide bonds. The SMILES string of the molecule is CC(C)(C)OC(=O)[C@@H](N)CC(C(F)(F)F)C(F)(F)F.CC(C)(C)OC(=O)[C@H](CC(C(F)(F)F)C(F)(F)F)NC(=O)OCc1ccccc1. The normalized spacial score (nSPS) is 14.4. The molecule has 2 atom stereocenters. The van der Waals surface area contributed by atoms with Gasteiger partial charge in [0.15, 0.2) is 11.8 Å². The Morgan fingerprint density at radius 3 is 1.40 bits per heavy atom. The molecule has 48 heavy (non-hydrogen) atoms. The van der Waals surface area contributed by atoms with Gasteiger partial charge in [0, 0.05) is 0 Å². The van der Waals surface area contributed by atoms with Gasteiger partial charge in [0.25, 0.3) is 0 Å². The summed E-state index contributed by atoms with van der Waals surface area (Å²) in [6.45, 7) is 8.09. The number of esters is 2. The number of carbonyl (C=O) groups is 3. The van der Waals surface area contributed by atoms with Crippen LogP contribution in [0.4, 0.5) is 57.5 Å². The number of nitrogens with two attached hydrogens (primary N) is 1. The van der Waals surface area contributed by atoms with Crippen molar-refractivity contribution < 1.29 is 81.3 Å². The number of nitrogens with one attached hydrogen (secondary N) is 1. The summed E-state index contributed by atoms with van der Waals surface area (Å²) in [5.74, 6) is -10.2. The van der Waals surface area contributed by atoms with E-state index in [1.165, 1.54) is 41.5 Å². The van der Waals surface area contributed by atoms with Gasteiger partial charge in [0.2, 0.25) is 0 Å². The first-order chi connectivity index (χ1) is 21.2. The maximum atomic E-state index is 12.9. The monoisotopic (exact) mass is 724 g/mol. The Bertz CT molecular complexity index is 1140. The molecule has 0 saturated heterocycles. The van der Waals surface area contributed by atoms with Gasteiger partial charge in [-0.3, -0.25) is 4.79 Å². The summed E-state index contributed by atoms with van der Waals surface area (Å²) in [4.78, 5) is 35.3. The molecule has 0 spiro atoms. The van der Waals surface area contributed by atoms with Gasteiger partial charge in [0.1, 0.15) is 29.9 Å². The van der Waals surface area contributed by atoms with Crippen LogP contribution in [0.3, 0.4) is 0 Å². The van der Waals surface area contributed by atoms with Crippen molar-refractivity contribution in [1.29, 1.82) is 0 Å². The molecule has 0 aromatic heterocycles. The minimum absolute atomic E-state index is 0.296. The first kappa shape index (κ1) is 44.5. The molecule has 0 bridgehead atoms. The Morgan fingerprint density at radius 1 is 0.646 bits per heavy atom. The first-order valence-corrected chi connectivity index (χ1v) is 13.7. The van der Waals surface area contributed by atoms with E-state index in [0.717, 1.165) is 0 Å². The van der Waals surface area contributed by atoms with Crippen molar-refractivity contribution in [3.63, 3.8) is 0 Å². The van der Waals surface area contributed by atoms with Gasteiger partial charge >= 0.3 is 42.7 Å². The number of rotatable bonds is 9. The van der Waals surface area contributed by atoms with Crippen LogP contribution in [0, 0.1) is 11.8 Å². The molecule has 0 aliphatic heterocycles. The highest BCUT2D eigenvalue weighted by Gasteiger charge is 2.58. The Balaban J connectivity index is 0.00000101. The lowest BCUT2D eigenvalue weighted by Crippen LogP contribution is -2.49. The number of benzene rings is 1. The van der Waals surface area contributed by atoms with Crippen molar-refractivity contribution >= 4 is 18.0 Å². The molecular formula is C28H36F12N2O6. The average Bonchev–Trinajstić information content (AvgIpc) is 2.84. The van der Waals surface area contributed by atoms with Crippen LogP contribution in [-0.2, 0) is 30.4 Å². The van der Waals surface area contributed by atoms with Gasteiger partial charge in [0.05, 0.1) is 0 Å². The molecule has 1 aromatic rings. The van der Waals surface area contributed by atoms with Crippen LogP contribution in [0.5, 0.6) is 0 Å². The fourth-order valence-corrected chi connectivity index (χ4v) is 3.36. The second-order valence-electron chi connectivity index (χ2n) is 12.2. The molecular weight excluding hydrogens is 688 g/mol. The topological polar surface area (TPSA) is 117 Å². The molecule has 0 aliphatic carbocycles. The lowest BCUT2D eigenvalue weighted by molar-refractivity contribution is -0.288. The number of hydrogen-bond acceptors (Lipinski definition) is 7. The maximum absolute atomic E-state index is 12.9. The number of alkyl carbamates (subject to hydrolysis) is 1. The highest BCUT2D eigenvalue weighted by molar-refractivity contribution is 5.81. The number of ether oxygens (including phenoxy) is 3. The number of halogens is 12. The zero-order valence-electron chi connectivity index (χ0n) is 26.4. The van der Waals surface area contributed by atoms with Crippen LogP contribution in [-0.4, -0.2) is 66.0 Å². The molecule has 0 saturated carbocycles. The van der Waals surface area contributed by atoms with Gasteiger partial charge in [-0.25, -0.2) is 9.59 Å². The van der Waals surface area contributed by atoms with Crippen molar-refractivity contribution in [1.82, 2.24) is 5.32 Å². The number of alkyl halides is 12. The summed E-state index contributed by atoms with van der Waals surface area (Å²) in [6, 6.07) is 3.92. The fourth-order valence-electron chi connectivity index (χ4n) is 3.36. The predicted octanol–water partition coefficient (Wildman–Crippen LogP) is 7.54. The molecule has 0 unspecified atom stereocenters. The van der Waals surface area contributed by atoms with Crippen LogP contribution in [0.15, 0.2) is 30.3 Å². The smallest absolute Gasteiger partial charge is 0.408 e. The zero-order valence-corrected chi connectivity index (χ0v) is 26.4. The van der Waals surface area contributed by atoms with Gasteiger partial charge in [-0.2, -0.15) is 52.7 Å². The summed E-state index contributed by atoms with van der Waals surface area (Å²) in [6.07, 6.45) is -27.1. The molecule has 0 aliphatic rings. The Morgan fingerprint density at radius 2 is 1.02 bits per heavy atom. The van der Waals surface area contributed by atoms with Crippen molar-refractivity contribution in [3.8, 4) is 0 Å². The highest BCUT2D eigenvalue weighted by atomic mass is 19.4. The summed E-state index contributed by atoms with van der Waals surface area (Å²) in [5.41, 5.74) is 3.33. The van der Waals surface area contributed by atoms with E-state index in [1.54, 1.807) is 35.6 Å². The minimum Gasteiger partial charge on any atom is -0.459 e. The lowest BCUT2D eigenvalue weighted by Gasteiger charge is -2.28. The van der Waals surface area contributed by atoms with Crippen LogP contribution in [0.1, 0.15) is 59.9 Å².